The van der Waals surface area contributed by atoms with Crippen molar-refractivity contribution in [2.45, 2.75) is 31.7 Å². The molecule has 0 amide bonds. The van der Waals surface area contributed by atoms with E-state index in [0.29, 0.717) is 12.1 Å². The fourth-order valence-electron chi connectivity index (χ4n) is 3.15. The van der Waals surface area contributed by atoms with E-state index in [1.54, 1.807) is 0 Å². The standard InChI is InChI=1S/C16H22BrFN2/c17-12-5-6-13(15(18)7-12)16(8-19)20-9-14(10-1-2-10)11-3-4-11/h5-7,10-11,14,16,20H,1-4,8-9,19H2. The van der Waals surface area contributed by atoms with Crippen LogP contribution in [0.3, 0.4) is 0 Å². The van der Waals surface area contributed by atoms with Gasteiger partial charge in [-0.2, -0.15) is 0 Å². The van der Waals surface area contributed by atoms with Crippen LogP contribution in [-0.2, 0) is 0 Å². The van der Waals surface area contributed by atoms with Gasteiger partial charge in [0.1, 0.15) is 5.82 Å². The molecule has 2 fully saturated rings. The minimum Gasteiger partial charge on any atom is -0.329 e. The van der Waals surface area contributed by atoms with Crippen molar-refractivity contribution in [2.75, 3.05) is 13.1 Å². The van der Waals surface area contributed by atoms with Crippen molar-refractivity contribution in [1.82, 2.24) is 5.32 Å². The normalized spacial score (nSPS) is 20.4. The van der Waals surface area contributed by atoms with Gasteiger partial charge >= 0.3 is 0 Å². The van der Waals surface area contributed by atoms with Gasteiger partial charge in [0.25, 0.3) is 0 Å². The Labute approximate surface area is 128 Å². The quantitative estimate of drug-likeness (QED) is 0.795. The van der Waals surface area contributed by atoms with E-state index in [-0.39, 0.29) is 11.9 Å². The Morgan fingerprint density at radius 3 is 2.40 bits per heavy atom. The highest BCUT2D eigenvalue weighted by molar-refractivity contribution is 9.10. The van der Waals surface area contributed by atoms with Gasteiger partial charge in [-0.1, -0.05) is 22.0 Å². The molecule has 0 radical (unpaired) electrons. The summed E-state index contributed by atoms with van der Waals surface area (Å²) in [5.41, 5.74) is 6.52. The van der Waals surface area contributed by atoms with Gasteiger partial charge in [0.05, 0.1) is 0 Å². The summed E-state index contributed by atoms with van der Waals surface area (Å²) in [7, 11) is 0. The fraction of sp³-hybridized carbons (Fsp3) is 0.625. The van der Waals surface area contributed by atoms with Crippen LogP contribution in [0, 0.1) is 23.6 Å². The maximum absolute atomic E-state index is 14.0. The number of nitrogens with two attached hydrogens (primary N) is 1. The summed E-state index contributed by atoms with van der Waals surface area (Å²) in [5, 5.41) is 3.51. The zero-order chi connectivity index (χ0) is 14.1. The van der Waals surface area contributed by atoms with Crippen molar-refractivity contribution in [3.63, 3.8) is 0 Å². The highest BCUT2D eigenvalue weighted by atomic mass is 79.9. The molecule has 0 saturated heterocycles. The van der Waals surface area contributed by atoms with Crippen molar-refractivity contribution in [1.29, 1.82) is 0 Å². The first-order chi connectivity index (χ1) is 9.69. The molecule has 1 aromatic rings. The van der Waals surface area contributed by atoms with Crippen LogP contribution in [0.4, 0.5) is 4.39 Å². The van der Waals surface area contributed by atoms with Crippen LogP contribution in [0.15, 0.2) is 22.7 Å². The van der Waals surface area contributed by atoms with Gasteiger partial charge in [-0.05, 0) is 62.1 Å². The molecule has 1 unspecified atom stereocenters. The Bertz CT molecular complexity index is 460. The lowest BCUT2D eigenvalue weighted by Gasteiger charge is -2.23. The highest BCUT2D eigenvalue weighted by Crippen LogP contribution is 2.49. The Morgan fingerprint density at radius 2 is 1.90 bits per heavy atom. The molecule has 2 aliphatic rings. The molecule has 110 valence electrons. The predicted molar refractivity (Wildman–Crippen MR) is 82.8 cm³/mol. The molecule has 0 heterocycles. The Hall–Kier alpha value is -0.450. The van der Waals surface area contributed by atoms with Crippen molar-refractivity contribution < 1.29 is 4.39 Å². The van der Waals surface area contributed by atoms with Crippen LogP contribution in [0.1, 0.15) is 37.3 Å². The second-order valence-corrected chi connectivity index (χ2v) is 7.12. The maximum atomic E-state index is 14.0. The number of halogens is 2. The summed E-state index contributed by atoms with van der Waals surface area (Å²) >= 11 is 3.29. The molecule has 2 nitrogen and oxygen atoms in total. The zero-order valence-electron chi connectivity index (χ0n) is 11.6. The molecule has 0 aromatic heterocycles. The van der Waals surface area contributed by atoms with Gasteiger partial charge in [-0.3, -0.25) is 0 Å². The molecular formula is C16H22BrFN2. The first kappa shape index (κ1) is 14.5. The molecule has 3 N–H and O–H groups in total. The van der Waals surface area contributed by atoms with E-state index in [9.17, 15) is 4.39 Å². The summed E-state index contributed by atoms with van der Waals surface area (Å²) in [6.45, 7) is 1.41. The smallest absolute Gasteiger partial charge is 0.129 e. The van der Waals surface area contributed by atoms with E-state index in [4.69, 9.17) is 5.73 Å². The number of rotatable bonds is 7. The third-order valence-corrected chi connectivity index (χ3v) is 5.12. The van der Waals surface area contributed by atoms with Crippen LogP contribution in [0.25, 0.3) is 0 Å². The van der Waals surface area contributed by atoms with Crippen LogP contribution < -0.4 is 11.1 Å². The maximum Gasteiger partial charge on any atom is 0.129 e. The molecular weight excluding hydrogens is 319 g/mol. The molecule has 3 rings (SSSR count). The first-order valence-electron chi connectivity index (χ1n) is 7.57. The molecule has 0 aliphatic heterocycles. The van der Waals surface area contributed by atoms with Crippen LogP contribution in [-0.4, -0.2) is 13.1 Å². The minimum absolute atomic E-state index is 0.0805. The summed E-state index contributed by atoms with van der Waals surface area (Å²) in [4.78, 5) is 0. The molecule has 1 atom stereocenters. The second kappa shape index (κ2) is 6.12. The Kier molecular flexibility index (Phi) is 4.43. The van der Waals surface area contributed by atoms with Gasteiger partial charge in [-0.25, -0.2) is 4.39 Å². The van der Waals surface area contributed by atoms with Gasteiger partial charge in [0, 0.05) is 22.6 Å². The zero-order valence-corrected chi connectivity index (χ0v) is 13.2. The van der Waals surface area contributed by atoms with Crippen LogP contribution >= 0.6 is 15.9 Å². The topological polar surface area (TPSA) is 38.0 Å². The van der Waals surface area contributed by atoms with Crippen LogP contribution in [0.2, 0.25) is 0 Å². The number of hydrogen-bond acceptors (Lipinski definition) is 2. The summed E-state index contributed by atoms with van der Waals surface area (Å²) in [5.74, 6) is 2.41. The van der Waals surface area contributed by atoms with Gasteiger partial charge in [-0.15, -0.1) is 0 Å². The monoisotopic (exact) mass is 340 g/mol. The predicted octanol–water partition coefficient (Wildman–Crippen LogP) is 3.61. The Morgan fingerprint density at radius 1 is 1.25 bits per heavy atom. The van der Waals surface area contributed by atoms with E-state index in [1.165, 1.54) is 31.7 Å². The van der Waals surface area contributed by atoms with Crippen molar-refractivity contribution in [2.24, 2.45) is 23.5 Å². The number of hydrogen-bond donors (Lipinski definition) is 2. The second-order valence-electron chi connectivity index (χ2n) is 6.20. The highest BCUT2D eigenvalue weighted by Gasteiger charge is 2.41. The van der Waals surface area contributed by atoms with E-state index in [1.807, 2.05) is 12.1 Å². The number of nitrogens with one attached hydrogen (secondary N) is 1. The van der Waals surface area contributed by atoms with Crippen molar-refractivity contribution in [3.8, 4) is 0 Å². The average Bonchev–Trinajstić information content (AvgIpc) is 3.28. The summed E-state index contributed by atoms with van der Waals surface area (Å²) in [6, 6.07) is 5.14. The molecule has 0 bridgehead atoms. The van der Waals surface area contributed by atoms with Gasteiger partial charge in [0.2, 0.25) is 0 Å². The Balaban J connectivity index is 1.63. The molecule has 4 heteroatoms. The van der Waals surface area contributed by atoms with E-state index < -0.39 is 0 Å². The molecule has 2 saturated carbocycles. The van der Waals surface area contributed by atoms with Crippen molar-refractivity contribution >= 4 is 15.9 Å². The van der Waals surface area contributed by atoms with Crippen LogP contribution in [0.5, 0.6) is 0 Å². The molecule has 1 aromatic carbocycles. The van der Waals surface area contributed by atoms with Gasteiger partial charge < -0.3 is 11.1 Å². The average molecular weight is 341 g/mol. The fourth-order valence-corrected chi connectivity index (χ4v) is 3.48. The molecule has 2 aliphatic carbocycles. The summed E-state index contributed by atoms with van der Waals surface area (Å²) < 4.78 is 14.8. The lowest BCUT2D eigenvalue weighted by atomic mass is 9.96. The third-order valence-electron chi connectivity index (χ3n) is 4.63. The first-order valence-corrected chi connectivity index (χ1v) is 8.36. The van der Waals surface area contributed by atoms with Gasteiger partial charge in [0.15, 0.2) is 0 Å². The largest absolute Gasteiger partial charge is 0.329 e. The summed E-state index contributed by atoms with van der Waals surface area (Å²) in [6.07, 6.45) is 5.51. The van der Waals surface area contributed by atoms with E-state index >= 15 is 0 Å². The third kappa shape index (κ3) is 3.41. The molecule has 20 heavy (non-hydrogen) atoms. The number of benzene rings is 1. The molecule has 0 spiro atoms. The minimum atomic E-state index is -0.184. The van der Waals surface area contributed by atoms with Crippen molar-refractivity contribution in [3.05, 3.63) is 34.1 Å². The lowest BCUT2D eigenvalue weighted by molar-refractivity contribution is 0.354. The van der Waals surface area contributed by atoms with E-state index in [0.717, 1.165) is 28.8 Å². The van der Waals surface area contributed by atoms with E-state index in [2.05, 4.69) is 21.2 Å². The SMILES string of the molecule is NCC(NCC(C1CC1)C1CC1)c1ccc(Br)cc1F. The lowest BCUT2D eigenvalue weighted by Crippen LogP contribution is -2.34.